The first-order chi connectivity index (χ1) is 14.8. The molecule has 2 aromatic heterocycles. The van der Waals surface area contributed by atoms with Crippen LogP contribution in [0, 0.1) is 0 Å². The van der Waals surface area contributed by atoms with E-state index in [0.717, 1.165) is 32.8 Å². The van der Waals surface area contributed by atoms with Crippen LogP contribution in [0.25, 0.3) is 5.57 Å². The van der Waals surface area contributed by atoms with E-state index < -0.39 is 6.89 Å². The van der Waals surface area contributed by atoms with Crippen LogP contribution < -0.4 is 16.1 Å². The Bertz CT molecular complexity index is 1240. The predicted octanol–water partition coefficient (Wildman–Crippen LogP) is 4.43. The first-order valence-electron chi connectivity index (χ1n) is 9.55. The van der Waals surface area contributed by atoms with Gasteiger partial charge in [0.05, 0.1) is 18.7 Å². The van der Waals surface area contributed by atoms with Crippen molar-refractivity contribution in [2.45, 2.75) is 0 Å². The van der Waals surface area contributed by atoms with Gasteiger partial charge in [-0.3, -0.25) is 0 Å². The largest absolute Gasteiger partial charge is 0.465 e. The van der Waals surface area contributed by atoms with Crippen LogP contribution >= 0.6 is 18.2 Å². The number of hydrogen-bond acceptors (Lipinski definition) is 4. The SMILES string of the molecule is COC(=O)C1=P(c2ccccc2)(c2ccccc2)c2occc2C(c2ccsc2)=C1. The van der Waals surface area contributed by atoms with Crippen LogP contribution in [-0.4, -0.2) is 18.4 Å². The molecule has 1 aliphatic rings. The molecule has 0 unspecified atom stereocenters. The summed E-state index contributed by atoms with van der Waals surface area (Å²) < 4.78 is 11.5. The van der Waals surface area contributed by atoms with Crippen LogP contribution in [0.1, 0.15) is 11.1 Å². The summed E-state index contributed by atoms with van der Waals surface area (Å²) in [6, 6.07) is 24.4. The second kappa shape index (κ2) is 7.64. The van der Waals surface area contributed by atoms with Crippen molar-refractivity contribution in [3.8, 4) is 0 Å². The van der Waals surface area contributed by atoms with Crippen LogP contribution in [0.15, 0.2) is 100 Å². The first-order valence-corrected chi connectivity index (χ1v) is 12.3. The molecule has 2 aromatic carbocycles. The molecule has 5 heteroatoms. The van der Waals surface area contributed by atoms with Crippen LogP contribution in [-0.2, 0) is 9.53 Å². The van der Waals surface area contributed by atoms with E-state index in [4.69, 9.17) is 9.15 Å². The van der Waals surface area contributed by atoms with Crippen molar-refractivity contribution < 1.29 is 13.9 Å². The Morgan fingerprint density at radius 1 is 0.933 bits per heavy atom. The number of carbonyl (C=O) groups is 1. The van der Waals surface area contributed by atoms with E-state index >= 15 is 0 Å². The van der Waals surface area contributed by atoms with E-state index in [1.54, 1.807) is 17.6 Å². The van der Waals surface area contributed by atoms with E-state index in [0.29, 0.717) is 5.29 Å². The van der Waals surface area contributed by atoms with Gasteiger partial charge < -0.3 is 9.15 Å². The second-order valence-electron chi connectivity index (χ2n) is 6.93. The molecule has 0 saturated carbocycles. The lowest BCUT2D eigenvalue weighted by molar-refractivity contribution is -0.132. The maximum Gasteiger partial charge on any atom is 0.339 e. The summed E-state index contributed by atoms with van der Waals surface area (Å²) in [5, 5.41) is 6.90. The maximum atomic E-state index is 13.3. The molecule has 0 spiro atoms. The molecule has 148 valence electrons. The zero-order chi connectivity index (χ0) is 20.6. The summed E-state index contributed by atoms with van der Waals surface area (Å²) in [6.45, 7) is -2.56. The zero-order valence-corrected chi connectivity index (χ0v) is 18.0. The minimum Gasteiger partial charge on any atom is -0.465 e. The molecule has 4 aromatic rings. The van der Waals surface area contributed by atoms with Crippen molar-refractivity contribution in [3.05, 3.63) is 107 Å². The third kappa shape index (κ3) is 2.76. The second-order valence-corrected chi connectivity index (χ2v) is 11.0. The van der Waals surface area contributed by atoms with Crippen molar-refractivity contribution in [1.82, 2.24) is 0 Å². The Kier molecular flexibility index (Phi) is 4.82. The lowest BCUT2D eigenvalue weighted by Crippen LogP contribution is -2.36. The molecule has 0 saturated heterocycles. The molecular weight excluding hydrogens is 411 g/mol. The number of ether oxygens (including phenoxy) is 1. The highest BCUT2D eigenvalue weighted by atomic mass is 32.1. The fourth-order valence-corrected chi connectivity index (χ4v) is 9.01. The van der Waals surface area contributed by atoms with E-state index in [2.05, 4.69) is 35.7 Å². The average molecular weight is 430 g/mol. The van der Waals surface area contributed by atoms with Crippen molar-refractivity contribution in [1.29, 1.82) is 0 Å². The minimum absolute atomic E-state index is 0.328. The van der Waals surface area contributed by atoms with Gasteiger partial charge in [0.2, 0.25) is 0 Å². The van der Waals surface area contributed by atoms with E-state index in [1.807, 2.05) is 53.9 Å². The highest BCUT2D eigenvalue weighted by Gasteiger charge is 2.40. The van der Waals surface area contributed by atoms with Crippen molar-refractivity contribution in [2.75, 3.05) is 7.11 Å². The highest BCUT2D eigenvalue weighted by molar-refractivity contribution is 7.96. The summed E-state index contributed by atoms with van der Waals surface area (Å²) in [5.41, 5.74) is 3.93. The number of carbonyl (C=O) groups excluding carboxylic acids is 1. The molecule has 0 N–H and O–H groups in total. The van der Waals surface area contributed by atoms with Gasteiger partial charge in [-0.1, -0.05) is 60.7 Å². The molecule has 1 aliphatic heterocycles. The van der Waals surface area contributed by atoms with Gasteiger partial charge in [-0.15, -0.1) is 0 Å². The van der Waals surface area contributed by atoms with E-state index in [1.165, 1.54) is 7.11 Å². The Labute approximate surface area is 179 Å². The van der Waals surface area contributed by atoms with Crippen LogP contribution in [0.2, 0.25) is 0 Å². The number of benzene rings is 2. The van der Waals surface area contributed by atoms with Crippen molar-refractivity contribution in [2.24, 2.45) is 0 Å². The number of fused-ring (bicyclic) bond motifs is 1. The standard InChI is InChI=1S/C25H19O3PS/c1-27-24(26)23-16-22(18-13-15-30-17-18)21-12-14-28-25(21)29(23,19-8-4-2-5-9-19)20-10-6-3-7-11-20/h2-17H,1H3. The molecule has 3 heterocycles. The van der Waals surface area contributed by atoms with Gasteiger partial charge in [-0.05, 0) is 50.7 Å². The van der Waals surface area contributed by atoms with Gasteiger partial charge in [0.15, 0.2) is 0 Å². The van der Waals surface area contributed by atoms with Gasteiger partial charge in [-0.2, -0.15) is 11.3 Å². The summed E-state index contributed by atoms with van der Waals surface area (Å²) in [5.74, 6) is -0.328. The third-order valence-corrected chi connectivity index (χ3v) is 10.2. The maximum absolute atomic E-state index is 13.3. The zero-order valence-electron chi connectivity index (χ0n) is 16.3. The van der Waals surface area contributed by atoms with Gasteiger partial charge in [0, 0.05) is 12.4 Å². The number of methoxy groups -OCH3 is 1. The topological polar surface area (TPSA) is 39.4 Å². The van der Waals surface area contributed by atoms with Crippen LogP contribution in [0.5, 0.6) is 0 Å². The summed E-state index contributed by atoms with van der Waals surface area (Å²) >= 11 is 1.63. The molecule has 0 atom stereocenters. The Hall–Kier alpha value is -3.07. The third-order valence-electron chi connectivity index (χ3n) is 5.40. The molecule has 0 fully saturated rings. The quantitative estimate of drug-likeness (QED) is 0.355. The molecule has 30 heavy (non-hydrogen) atoms. The Balaban J connectivity index is 2.01. The predicted molar refractivity (Wildman–Crippen MR) is 126 cm³/mol. The number of rotatable bonds is 4. The number of hydrogen-bond donors (Lipinski definition) is 0. The Morgan fingerprint density at radius 3 is 2.17 bits per heavy atom. The fourth-order valence-electron chi connectivity index (χ4n) is 4.11. The normalized spacial score (nSPS) is 14.7. The van der Waals surface area contributed by atoms with E-state index in [-0.39, 0.29) is 5.97 Å². The van der Waals surface area contributed by atoms with Crippen molar-refractivity contribution in [3.63, 3.8) is 0 Å². The van der Waals surface area contributed by atoms with Crippen molar-refractivity contribution >= 4 is 51.2 Å². The monoisotopic (exact) mass is 430 g/mol. The summed E-state index contributed by atoms with van der Waals surface area (Å²) in [6.07, 6.45) is 3.74. The number of thiophene rings is 1. The lowest BCUT2D eigenvalue weighted by Gasteiger charge is -2.32. The molecule has 3 nitrogen and oxygen atoms in total. The van der Waals surface area contributed by atoms with Crippen LogP contribution in [0.3, 0.4) is 0 Å². The molecule has 0 radical (unpaired) electrons. The molecule has 5 rings (SSSR count). The molecule has 0 bridgehead atoms. The average Bonchev–Trinajstić information content (AvgIpc) is 3.51. The Morgan fingerprint density at radius 2 is 1.60 bits per heavy atom. The molecule has 0 aliphatic carbocycles. The van der Waals surface area contributed by atoms with Gasteiger partial charge in [-0.25, -0.2) is 4.79 Å². The number of esters is 1. The smallest absolute Gasteiger partial charge is 0.339 e. The first kappa shape index (κ1) is 18.9. The van der Waals surface area contributed by atoms with Crippen LogP contribution in [0.4, 0.5) is 0 Å². The summed E-state index contributed by atoms with van der Waals surface area (Å²) in [4.78, 5) is 13.3. The van der Waals surface area contributed by atoms with Gasteiger partial charge >= 0.3 is 5.97 Å². The van der Waals surface area contributed by atoms with Gasteiger partial charge in [0.25, 0.3) is 0 Å². The minimum atomic E-state index is -2.56. The number of furan rings is 1. The fraction of sp³-hybridized carbons (Fsp3) is 0.0400. The molecule has 0 amide bonds. The lowest BCUT2D eigenvalue weighted by atomic mass is 10.0. The summed E-state index contributed by atoms with van der Waals surface area (Å²) in [7, 11) is 1.44. The molecular formula is C25H19O3PS. The van der Waals surface area contributed by atoms with E-state index in [9.17, 15) is 4.79 Å². The highest BCUT2D eigenvalue weighted by Crippen LogP contribution is 2.52. The van der Waals surface area contributed by atoms with Gasteiger partial charge in [0.1, 0.15) is 5.50 Å².